The maximum atomic E-state index is 12.9. The molecule has 0 radical (unpaired) electrons. The van der Waals surface area contributed by atoms with Crippen molar-refractivity contribution in [3.63, 3.8) is 0 Å². The average molecular weight is 348 g/mol. The lowest BCUT2D eigenvalue weighted by Crippen LogP contribution is -2.47. The Morgan fingerprint density at radius 1 is 1.20 bits per heavy atom. The maximum Gasteiger partial charge on any atom is 0.201 e. The van der Waals surface area contributed by atoms with Crippen LogP contribution in [-0.2, 0) is 4.79 Å². The first kappa shape index (κ1) is 21.4. The third-order valence-corrected chi connectivity index (χ3v) is 4.70. The van der Waals surface area contributed by atoms with E-state index in [1.807, 2.05) is 47.6 Å². The minimum absolute atomic E-state index is 0.0110. The first-order valence-electron chi connectivity index (χ1n) is 8.90. The molecule has 0 bridgehead atoms. The van der Waals surface area contributed by atoms with Crippen LogP contribution in [0.3, 0.4) is 0 Å². The summed E-state index contributed by atoms with van der Waals surface area (Å²) < 4.78 is 0. The summed E-state index contributed by atoms with van der Waals surface area (Å²) in [4.78, 5) is 12.9. The molecular formula is C21H32O4. The molecule has 0 aromatic heterocycles. The van der Waals surface area contributed by atoms with Gasteiger partial charge in [-0.15, -0.1) is 0 Å². The second-order valence-electron chi connectivity index (χ2n) is 7.46. The van der Waals surface area contributed by atoms with E-state index in [1.165, 1.54) is 0 Å². The molecule has 0 aromatic rings. The van der Waals surface area contributed by atoms with Crippen molar-refractivity contribution < 1.29 is 20.1 Å². The summed E-state index contributed by atoms with van der Waals surface area (Å²) in [5.41, 5.74) is 0.651. The number of aliphatic hydroxyl groups is 3. The quantitative estimate of drug-likeness (QED) is 0.604. The molecule has 0 aromatic carbocycles. The molecule has 1 rings (SSSR count). The van der Waals surface area contributed by atoms with Crippen molar-refractivity contribution in [1.29, 1.82) is 0 Å². The van der Waals surface area contributed by atoms with Crippen molar-refractivity contribution in [2.45, 2.75) is 72.5 Å². The Bertz CT molecular complexity index is 628. The van der Waals surface area contributed by atoms with Crippen LogP contribution >= 0.6 is 0 Å². The molecule has 3 unspecified atom stereocenters. The number of rotatable bonds is 7. The van der Waals surface area contributed by atoms with Gasteiger partial charge in [-0.2, -0.15) is 0 Å². The van der Waals surface area contributed by atoms with Crippen LogP contribution in [-0.4, -0.2) is 32.8 Å². The molecule has 0 fully saturated rings. The van der Waals surface area contributed by atoms with Crippen molar-refractivity contribution >= 4 is 5.78 Å². The lowest BCUT2D eigenvalue weighted by molar-refractivity contribution is -0.134. The summed E-state index contributed by atoms with van der Waals surface area (Å²) >= 11 is 0. The smallest absolute Gasteiger partial charge is 0.201 e. The van der Waals surface area contributed by atoms with Gasteiger partial charge in [0.2, 0.25) is 5.78 Å². The van der Waals surface area contributed by atoms with E-state index in [0.29, 0.717) is 18.4 Å². The van der Waals surface area contributed by atoms with E-state index in [-0.39, 0.29) is 23.7 Å². The average Bonchev–Trinajstić information content (AvgIpc) is 2.56. The Kier molecular flexibility index (Phi) is 7.39. The van der Waals surface area contributed by atoms with Crippen LogP contribution in [0.15, 0.2) is 46.3 Å². The zero-order chi connectivity index (χ0) is 19.4. The van der Waals surface area contributed by atoms with E-state index < -0.39 is 17.5 Å². The molecule has 140 valence electrons. The topological polar surface area (TPSA) is 77.8 Å². The number of ketones is 1. The van der Waals surface area contributed by atoms with E-state index in [4.69, 9.17) is 0 Å². The third kappa shape index (κ3) is 4.93. The van der Waals surface area contributed by atoms with Crippen LogP contribution in [0.5, 0.6) is 0 Å². The minimum atomic E-state index is -2.01. The summed E-state index contributed by atoms with van der Waals surface area (Å²) in [6.07, 6.45) is 5.32. The number of hydrogen-bond acceptors (Lipinski definition) is 4. The van der Waals surface area contributed by atoms with Gasteiger partial charge in [0.05, 0.1) is 6.10 Å². The van der Waals surface area contributed by atoms with Crippen molar-refractivity contribution in [1.82, 2.24) is 0 Å². The number of carbonyl (C=O) groups is 1. The number of allylic oxidation sites excluding steroid dienone is 5. The summed E-state index contributed by atoms with van der Waals surface area (Å²) in [5.74, 6) is -1.04. The molecule has 1 aliphatic rings. The first-order chi connectivity index (χ1) is 11.5. The molecule has 0 heterocycles. The number of Topliss-reactive ketones (excluding diaryl/α,β-unsaturated/α-hetero) is 1. The van der Waals surface area contributed by atoms with Gasteiger partial charge in [-0.25, -0.2) is 0 Å². The second kappa shape index (κ2) is 8.63. The zero-order valence-corrected chi connectivity index (χ0v) is 16.3. The van der Waals surface area contributed by atoms with Gasteiger partial charge in [0.15, 0.2) is 5.60 Å². The molecule has 3 N–H and O–H groups in total. The molecule has 4 heteroatoms. The van der Waals surface area contributed by atoms with E-state index in [2.05, 4.69) is 0 Å². The lowest BCUT2D eigenvalue weighted by atomic mass is 9.76. The first-order valence-corrected chi connectivity index (χ1v) is 8.90. The maximum absolute atomic E-state index is 12.9. The largest absolute Gasteiger partial charge is 0.508 e. The van der Waals surface area contributed by atoms with Gasteiger partial charge in [-0.3, -0.25) is 4.79 Å². The van der Waals surface area contributed by atoms with E-state index in [0.717, 1.165) is 11.1 Å². The molecule has 1 aliphatic carbocycles. The number of hydrogen-bond donors (Lipinski definition) is 3. The van der Waals surface area contributed by atoms with Crippen molar-refractivity contribution in [3.05, 3.63) is 46.3 Å². The molecule has 0 spiro atoms. The highest BCUT2D eigenvalue weighted by Crippen LogP contribution is 2.36. The highest BCUT2D eigenvalue weighted by atomic mass is 16.3. The monoisotopic (exact) mass is 348 g/mol. The van der Waals surface area contributed by atoms with Crippen LogP contribution in [0.2, 0.25) is 0 Å². The van der Waals surface area contributed by atoms with Gasteiger partial charge in [-0.1, -0.05) is 43.6 Å². The Morgan fingerprint density at radius 2 is 1.76 bits per heavy atom. The van der Waals surface area contributed by atoms with Crippen molar-refractivity contribution in [2.24, 2.45) is 5.92 Å². The second-order valence-corrected chi connectivity index (χ2v) is 7.46. The van der Waals surface area contributed by atoms with Crippen LogP contribution in [0.25, 0.3) is 0 Å². The van der Waals surface area contributed by atoms with Gasteiger partial charge in [0, 0.05) is 12.0 Å². The number of carbonyl (C=O) groups excluding carboxylic acids is 1. The summed E-state index contributed by atoms with van der Waals surface area (Å²) in [7, 11) is 0. The van der Waals surface area contributed by atoms with E-state index in [9.17, 15) is 20.1 Å². The van der Waals surface area contributed by atoms with Gasteiger partial charge in [0.1, 0.15) is 5.76 Å². The molecule has 0 aliphatic heterocycles. The molecule has 0 saturated carbocycles. The summed E-state index contributed by atoms with van der Waals surface area (Å²) in [6, 6.07) is 0. The highest BCUT2D eigenvalue weighted by molar-refractivity contribution is 6.06. The Hall–Kier alpha value is -1.65. The zero-order valence-electron chi connectivity index (χ0n) is 16.3. The van der Waals surface area contributed by atoms with Gasteiger partial charge in [-0.05, 0) is 51.7 Å². The van der Waals surface area contributed by atoms with Crippen LogP contribution in [0.1, 0.15) is 60.8 Å². The molecule has 3 atom stereocenters. The Balaban J connectivity index is 3.44. The molecular weight excluding hydrogens is 316 g/mol. The normalized spacial score (nSPS) is 23.0. The molecule has 0 amide bonds. The Labute approximate surface area is 151 Å². The fourth-order valence-electron chi connectivity index (χ4n) is 2.69. The van der Waals surface area contributed by atoms with E-state index in [1.54, 1.807) is 12.2 Å². The Morgan fingerprint density at radius 3 is 2.24 bits per heavy atom. The van der Waals surface area contributed by atoms with Crippen LogP contribution in [0, 0.1) is 5.92 Å². The SMILES string of the molecule is CCC(C)C(O)C1=CC(CC=C(C)C)=C(O)C(O)(CC=C(C)C)C1=O. The third-order valence-electron chi connectivity index (χ3n) is 4.70. The molecule has 25 heavy (non-hydrogen) atoms. The minimum Gasteiger partial charge on any atom is -0.508 e. The fraction of sp³-hybridized carbons (Fsp3) is 0.571. The van der Waals surface area contributed by atoms with Gasteiger partial charge < -0.3 is 15.3 Å². The van der Waals surface area contributed by atoms with Crippen molar-refractivity contribution in [3.8, 4) is 0 Å². The highest BCUT2D eigenvalue weighted by Gasteiger charge is 2.46. The lowest BCUT2D eigenvalue weighted by Gasteiger charge is -2.33. The number of aliphatic hydroxyl groups excluding tert-OH is 2. The predicted molar refractivity (Wildman–Crippen MR) is 101 cm³/mol. The van der Waals surface area contributed by atoms with Gasteiger partial charge >= 0.3 is 0 Å². The van der Waals surface area contributed by atoms with E-state index >= 15 is 0 Å². The van der Waals surface area contributed by atoms with Crippen LogP contribution in [0.4, 0.5) is 0 Å². The summed E-state index contributed by atoms with van der Waals surface area (Å²) in [6.45, 7) is 11.4. The fourth-order valence-corrected chi connectivity index (χ4v) is 2.69. The predicted octanol–water partition coefficient (Wildman–Crippen LogP) is 4.16. The van der Waals surface area contributed by atoms with Gasteiger partial charge in [0.25, 0.3) is 0 Å². The standard InChI is InChI=1S/C21H32O4/c1-7-15(6)18(22)17-12-16(9-8-13(2)3)19(23)21(25,20(17)24)11-10-14(4)5/h8,10,12,15,18,22-23,25H,7,9,11H2,1-6H3. The summed E-state index contributed by atoms with van der Waals surface area (Å²) in [5, 5.41) is 32.2. The van der Waals surface area contributed by atoms with Crippen molar-refractivity contribution in [2.75, 3.05) is 0 Å². The van der Waals surface area contributed by atoms with Crippen LogP contribution < -0.4 is 0 Å². The molecule has 4 nitrogen and oxygen atoms in total. The molecule has 0 saturated heterocycles.